The minimum atomic E-state index is -0.116. The SMILES string of the molecule is Cl.NCc1nc(C(=O)NCCCc2nc3c(s2)CCCC3)cs1. The Morgan fingerprint density at radius 3 is 2.83 bits per heavy atom. The van der Waals surface area contributed by atoms with Crippen molar-refractivity contribution < 1.29 is 4.79 Å². The van der Waals surface area contributed by atoms with Crippen molar-refractivity contribution in [3.8, 4) is 0 Å². The lowest BCUT2D eigenvalue weighted by Gasteiger charge is -2.06. The molecule has 0 radical (unpaired) electrons. The highest BCUT2D eigenvalue weighted by molar-refractivity contribution is 7.11. The summed E-state index contributed by atoms with van der Waals surface area (Å²) in [4.78, 5) is 22.3. The molecule has 0 fully saturated rings. The van der Waals surface area contributed by atoms with E-state index >= 15 is 0 Å². The van der Waals surface area contributed by atoms with Crippen molar-refractivity contribution in [3.05, 3.63) is 31.7 Å². The van der Waals surface area contributed by atoms with Gasteiger partial charge in [0.2, 0.25) is 0 Å². The van der Waals surface area contributed by atoms with Gasteiger partial charge in [-0.25, -0.2) is 9.97 Å². The van der Waals surface area contributed by atoms with Crippen LogP contribution in [0.15, 0.2) is 5.38 Å². The lowest BCUT2D eigenvalue weighted by atomic mass is 10.0. The van der Waals surface area contributed by atoms with Crippen LogP contribution in [0.5, 0.6) is 0 Å². The average Bonchev–Trinajstić information content (AvgIpc) is 3.17. The maximum atomic E-state index is 11.9. The number of hydrogen-bond acceptors (Lipinski definition) is 6. The standard InChI is InChI=1S/C15H20N4OS2.ClH/c16-8-14-19-11(9-21-14)15(20)17-7-3-6-13-18-10-4-1-2-5-12(10)22-13;/h9H,1-8,16H2,(H,17,20);1H. The molecule has 8 heteroatoms. The summed E-state index contributed by atoms with van der Waals surface area (Å²) in [6, 6.07) is 0. The fourth-order valence-corrected chi connectivity index (χ4v) is 4.41. The van der Waals surface area contributed by atoms with E-state index in [1.54, 1.807) is 5.38 Å². The maximum absolute atomic E-state index is 11.9. The molecule has 2 aromatic rings. The van der Waals surface area contributed by atoms with Gasteiger partial charge in [0, 0.05) is 29.8 Å². The molecule has 0 aromatic carbocycles. The molecule has 0 atom stereocenters. The van der Waals surface area contributed by atoms with Crippen molar-refractivity contribution in [2.24, 2.45) is 5.73 Å². The molecular formula is C15H21ClN4OS2. The number of nitrogens with zero attached hydrogens (tertiary/aromatic N) is 2. The highest BCUT2D eigenvalue weighted by atomic mass is 35.5. The number of halogens is 1. The topological polar surface area (TPSA) is 80.9 Å². The molecule has 0 unspecified atom stereocenters. The minimum Gasteiger partial charge on any atom is -0.351 e. The van der Waals surface area contributed by atoms with Crippen LogP contribution in [0.2, 0.25) is 0 Å². The summed E-state index contributed by atoms with van der Waals surface area (Å²) >= 11 is 3.27. The van der Waals surface area contributed by atoms with E-state index in [0.717, 1.165) is 24.3 Å². The normalized spacial score (nSPS) is 13.3. The van der Waals surface area contributed by atoms with E-state index < -0.39 is 0 Å². The molecule has 3 rings (SSSR count). The molecule has 0 spiro atoms. The molecule has 2 heterocycles. The Hall–Kier alpha value is -1.02. The van der Waals surface area contributed by atoms with Gasteiger partial charge in [0.05, 0.1) is 10.7 Å². The van der Waals surface area contributed by atoms with Crippen molar-refractivity contribution in [2.75, 3.05) is 6.54 Å². The van der Waals surface area contributed by atoms with Crippen LogP contribution in [0.3, 0.4) is 0 Å². The number of nitrogens with one attached hydrogen (secondary N) is 1. The summed E-state index contributed by atoms with van der Waals surface area (Å²) in [5.74, 6) is -0.116. The van der Waals surface area contributed by atoms with Gasteiger partial charge in [-0.3, -0.25) is 4.79 Å². The molecule has 126 valence electrons. The smallest absolute Gasteiger partial charge is 0.270 e. The third kappa shape index (κ3) is 4.73. The predicted molar refractivity (Wildman–Crippen MR) is 96.7 cm³/mol. The summed E-state index contributed by atoms with van der Waals surface area (Å²) in [6.07, 6.45) is 6.73. The van der Waals surface area contributed by atoms with Crippen LogP contribution in [0, 0.1) is 0 Å². The molecule has 0 saturated carbocycles. The third-order valence-electron chi connectivity index (χ3n) is 3.70. The van der Waals surface area contributed by atoms with E-state index in [1.807, 2.05) is 11.3 Å². The van der Waals surface area contributed by atoms with Gasteiger partial charge >= 0.3 is 0 Å². The van der Waals surface area contributed by atoms with E-state index in [4.69, 9.17) is 10.7 Å². The first-order valence-electron chi connectivity index (χ1n) is 7.66. The average molecular weight is 373 g/mol. The van der Waals surface area contributed by atoms with Gasteiger partial charge in [-0.05, 0) is 32.1 Å². The van der Waals surface area contributed by atoms with Crippen molar-refractivity contribution in [3.63, 3.8) is 0 Å². The molecule has 0 saturated heterocycles. The summed E-state index contributed by atoms with van der Waals surface area (Å²) in [6.45, 7) is 1.03. The summed E-state index contributed by atoms with van der Waals surface area (Å²) < 4.78 is 0. The fraction of sp³-hybridized carbons (Fsp3) is 0.533. The Labute approximate surface area is 150 Å². The molecule has 0 aliphatic heterocycles. The van der Waals surface area contributed by atoms with Crippen LogP contribution in [0.25, 0.3) is 0 Å². The Kier molecular flexibility index (Phi) is 6.95. The highest BCUT2D eigenvalue weighted by Crippen LogP contribution is 2.27. The first-order chi connectivity index (χ1) is 10.8. The number of amides is 1. The number of carbonyl (C=O) groups excluding carboxylic acids is 1. The van der Waals surface area contributed by atoms with Crippen molar-refractivity contribution in [2.45, 2.75) is 45.1 Å². The van der Waals surface area contributed by atoms with Crippen molar-refractivity contribution >= 4 is 41.0 Å². The van der Waals surface area contributed by atoms with Crippen LogP contribution < -0.4 is 11.1 Å². The molecular weight excluding hydrogens is 352 g/mol. The zero-order chi connectivity index (χ0) is 15.4. The molecule has 1 amide bonds. The summed E-state index contributed by atoms with van der Waals surface area (Å²) in [5.41, 5.74) is 7.28. The summed E-state index contributed by atoms with van der Waals surface area (Å²) in [7, 11) is 0. The minimum absolute atomic E-state index is 0. The van der Waals surface area contributed by atoms with Crippen molar-refractivity contribution in [1.82, 2.24) is 15.3 Å². The first kappa shape index (κ1) is 18.3. The number of thiazole rings is 2. The van der Waals surface area contributed by atoms with Gasteiger partial charge in [0.1, 0.15) is 10.7 Å². The second kappa shape index (κ2) is 8.73. The molecule has 5 nitrogen and oxygen atoms in total. The zero-order valence-electron chi connectivity index (χ0n) is 12.8. The molecule has 1 aliphatic carbocycles. The molecule has 2 aromatic heterocycles. The van der Waals surface area contributed by atoms with Crippen molar-refractivity contribution in [1.29, 1.82) is 0 Å². The number of fused-ring (bicyclic) bond motifs is 1. The van der Waals surface area contributed by atoms with E-state index in [1.165, 1.54) is 46.2 Å². The Balaban J connectivity index is 0.00000192. The highest BCUT2D eigenvalue weighted by Gasteiger charge is 2.15. The van der Waals surface area contributed by atoms with Crippen LogP contribution in [0.4, 0.5) is 0 Å². The molecule has 3 N–H and O–H groups in total. The number of carbonyl (C=O) groups is 1. The number of aromatic nitrogens is 2. The Bertz CT molecular complexity index is 632. The van der Waals surface area contributed by atoms with Crippen LogP contribution in [-0.4, -0.2) is 22.4 Å². The second-order valence-electron chi connectivity index (χ2n) is 5.37. The van der Waals surface area contributed by atoms with Gasteiger partial charge in [-0.2, -0.15) is 0 Å². The number of rotatable bonds is 6. The van der Waals surface area contributed by atoms with E-state index in [2.05, 4.69) is 10.3 Å². The van der Waals surface area contributed by atoms with Crippen LogP contribution in [0.1, 0.15) is 50.3 Å². The molecule has 0 bridgehead atoms. The monoisotopic (exact) mass is 372 g/mol. The first-order valence-corrected chi connectivity index (χ1v) is 9.36. The summed E-state index contributed by atoms with van der Waals surface area (Å²) in [5, 5.41) is 6.66. The van der Waals surface area contributed by atoms with E-state index in [0.29, 0.717) is 18.8 Å². The van der Waals surface area contributed by atoms with Gasteiger partial charge in [-0.1, -0.05) is 0 Å². The number of aryl methyl sites for hydroxylation is 3. The fourth-order valence-electron chi connectivity index (χ4n) is 2.55. The Morgan fingerprint density at radius 2 is 2.09 bits per heavy atom. The van der Waals surface area contributed by atoms with Crippen LogP contribution >= 0.6 is 35.1 Å². The van der Waals surface area contributed by atoms with E-state index in [9.17, 15) is 4.79 Å². The maximum Gasteiger partial charge on any atom is 0.270 e. The Morgan fingerprint density at radius 1 is 1.26 bits per heavy atom. The lowest BCUT2D eigenvalue weighted by molar-refractivity contribution is 0.0949. The van der Waals surface area contributed by atoms with Gasteiger partial charge < -0.3 is 11.1 Å². The number of hydrogen-bond donors (Lipinski definition) is 2. The third-order valence-corrected chi connectivity index (χ3v) is 5.79. The second-order valence-corrected chi connectivity index (χ2v) is 7.49. The van der Waals surface area contributed by atoms with E-state index in [-0.39, 0.29) is 18.3 Å². The van der Waals surface area contributed by atoms with Gasteiger partial charge in [0.15, 0.2) is 0 Å². The largest absolute Gasteiger partial charge is 0.351 e. The zero-order valence-corrected chi connectivity index (χ0v) is 15.3. The van der Waals surface area contributed by atoms with Gasteiger partial charge in [-0.15, -0.1) is 35.1 Å². The lowest BCUT2D eigenvalue weighted by Crippen LogP contribution is -2.25. The number of nitrogens with two attached hydrogens (primary N) is 1. The molecule has 23 heavy (non-hydrogen) atoms. The quantitative estimate of drug-likeness (QED) is 0.764. The van der Waals surface area contributed by atoms with Gasteiger partial charge in [0.25, 0.3) is 5.91 Å². The predicted octanol–water partition coefficient (Wildman–Crippen LogP) is 2.72. The van der Waals surface area contributed by atoms with Crippen LogP contribution in [-0.2, 0) is 25.8 Å². The molecule has 1 aliphatic rings.